The third-order valence-corrected chi connectivity index (χ3v) is 4.65. The van der Waals surface area contributed by atoms with Crippen LogP contribution in [0, 0.1) is 0 Å². The summed E-state index contributed by atoms with van der Waals surface area (Å²) in [5, 5.41) is 1.02. The van der Waals surface area contributed by atoms with E-state index in [9.17, 15) is 0 Å². The van der Waals surface area contributed by atoms with Crippen LogP contribution in [-0.2, 0) is 9.47 Å². The van der Waals surface area contributed by atoms with Crippen molar-refractivity contribution in [1.29, 1.82) is 0 Å². The van der Waals surface area contributed by atoms with Crippen LogP contribution in [0.4, 0.5) is 5.13 Å². The minimum Gasteiger partial charge on any atom is -0.376 e. The van der Waals surface area contributed by atoms with Crippen molar-refractivity contribution in [1.82, 2.24) is 4.98 Å². The first kappa shape index (κ1) is 13.3. The van der Waals surface area contributed by atoms with E-state index < -0.39 is 0 Å². The first-order valence-electron chi connectivity index (χ1n) is 6.19. The third-order valence-electron chi connectivity index (χ3n) is 3.03. The van der Waals surface area contributed by atoms with Gasteiger partial charge in [0.15, 0.2) is 5.13 Å². The van der Waals surface area contributed by atoms with Gasteiger partial charge in [-0.15, -0.1) is 0 Å². The lowest BCUT2D eigenvalue weighted by atomic mass is 10.3. The topological polar surface area (TPSA) is 34.6 Å². The number of fused-ring (bicyclic) bond motifs is 1. The molecule has 1 aromatic carbocycles. The van der Waals surface area contributed by atoms with Crippen molar-refractivity contribution in [2.24, 2.45) is 0 Å². The molecule has 1 aliphatic rings. The van der Waals surface area contributed by atoms with Crippen LogP contribution in [0.1, 0.15) is 0 Å². The summed E-state index contributed by atoms with van der Waals surface area (Å²) in [5.74, 6) is 0. The lowest BCUT2D eigenvalue weighted by Gasteiger charge is -2.27. The average molecular weight is 343 g/mol. The summed E-state index contributed by atoms with van der Waals surface area (Å²) < 4.78 is 13.4. The van der Waals surface area contributed by atoms with Crippen LogP contribution >= 0.6 is 27.3 Å². The van der Waals surface area contributed by atoms with Crippen molar-refractivity contribution in [3.8, 4) is 0 Å². The second kappa shape index (κ2) is 5.75. The number of halogens is 1. The molecule has 1 fully saturated rings. The minimum atomic E-state index is 0.137. The standard InChI is InChI=1S/C13H15BrN2O2S/c1-16(7-10-8-17-4-5-18-10)13-15-11-3-2-9(14)6-12(11)19-13/h2-3,6,10H,4-5,7-8H2,1H3. The SMILES string of the molecule is CN(CC1COCCO1)c1nc2ccc(Br)cc2s1. The Labute approximate surface area is 124 Å². The van der Waals surface area contributed by atoms with E-state index in [4.69, 9.17) is 9.47 Å². The molecular formula is C13H15BrN2O2S. The maximum atomic E-state index is 5.67. The second-order valence-corrected chi connectivity index (χ2v) is 6.48. The van der Waals surface area contributed by atoms with Gasteiger partial charge in [0.25, 0.3) is 0 Å². The summed E-state index contributed by atoms with van der Waals surface area (Å²) in [7, 11) is 2.05. The van der Waals surface area contributed by atoms with Crippen LogP contribution in [0.5, 0.6) is 0 Å². The Balaban J connectivity index is 1.75. The number of benzene rings is 1. The van der Waals surface area contributed by atoms with E-state index in [0.717, 1.165) is 21.7 Å². The summed E-state index contributed by atoms with van der Waals surface area (Å²) in [6.45, 7) is 2.86. The summed E-state index contributed by atoms with van der Waals surface area (Å²) in [6.07, 6.45) is 0.137. The molecular weight excluding hydrogens is 328 g/mol. The van der Waals surface area contributed by atoms with E-state index in [1.54, 1.807) is 11.3 Å². The molecule has 3 rings (SSSR count). The van der Waals surface area contributed by atoms with Crippen molar-refractivity contribution in [3.05, 3.63) is 22.7 Å². The number of hydrogen-bond donors (Lipinski definition) is 0. The minimum absolute atomic E-state index is 0.137. The Morgan fingerprint density at radius 1 is 1.47 bits per heavy atom. The molecule has 0 radical (unpaired) electrons. The molecule has 19 heavy (non-hydrogen) atoms. The van der Waals surface area contributed by atoms with E-state index in [1.807, 2.05) is 19.2 Å². The molecule has 0 saturated carbocycles. The molecule has 0 spiro atoms. The van der Waals surface area contributed by atoms with Crippen LogP contribution in [0.2, 0.25) is 0 Å². The highest BCUT2D eigenvalue weighted by Crippen LogP contribution is 2.30. The van der Waals surface area contributed by atoms with E-state index in [2.05, 4.69) is 31.9 Å². The zero-order valence-corrected chi connectivity index (χ0v) is 13.0. The molecule has 0 bridgehead atoms. The van der Waals surface area contributed by atoms with Crippen molar-refractivity contribution >= 4 is 42.6 Å². The molecule has 1 aliphatic heterocycles. The molecule has 1 atom stereocenters. The van der Waals surface area contributed by atoms with Crippen LogP contribution in [0.15, 0.2) is 22.7 Å². The highest BCUT2D eigenvalue weighted by molar-refractivity contribution is 9.10. The van der Waals surface area contributed by atoms with Gasteiger partial charge in [0, 0.05) is 18.1 Å². The monoisotopic (exact) mass is 342 g/mol. The fourth-order valence-corrected chi connectivity index (χ4v) is 3.56. The molecule has 0 N–H and O–H groups in total. The Kier molecular flexibility index (Phi) is 4.02. The van der Waals surface area contributed by atoms with Gasteiger partial charge in [0.05, 0.1) is 36.1 Å². The van der Waals surface area contributed by atoms with Crippen molar-refractivity contribution in [2.45, 2.75) is 6.10 Å². The first-order valence-corrected chi connectivity index (χ1v) is 7.80. The number of likely N-dealkylation sites (N-methyl/N-ethyl adjacent to an activating group) is 1. The van der Waals surface area contributed by atoms with Crippen molar-refractivity contribution in [2.75, 3.05) is 38.3 Å². The molecule has 6 heteroatoms. The van der Waals surface area contributed by atoms with Gasteiger partial charge >= 0.3 is 0 Å². The Hall–Kier alpha value is -0.690. The van der Waals surface area contributed by atoms with Crippen LogP contribution in [0.3, 0.4) is 0 Å². The average Bonchev–Trinajstić information content (AvgIpc) is 2.83. The summed E-state index contributed by atoms with van der Waals surface area (Å²) in [6, 6.07) is 6.15. The highest BCUT2D eigenvalue weighted by atomic mass is 79.9. The summed E-state index contributed by atoms with van der Waals surface area (Å²) in [4.78, 5) is 6.78. The number of nitrogens with zero attached hydrogens (tertiary/aromatic N) is 2. The largest absolute Gasteiger partial charge is 0.376 e. The quantitative estimate of drug-likeness (QED) is 0.858. The number of hydrogen-bond acceptors (Lipinski definition) is 5. The van der Waals surface area contributed by atoms with Crippen molar-refractivity contribution in [3.63, 3.8) is 0 Å². The Morgan fingerprint density at radius 3 is 3.16 bits per heavy atom. The number of anilines is 1. The molecule has 1 unspecified atom stereocenters. The second-order valence-electron chi connectivity index (χ2n) is 4.56. The number of aromatic nitrogens is 1. The lowest BCUT2D eigenvalue weighted by molar-refractivity contribution is -0.0837. The molecule has 102 valence electrons. The van der Waals surface area contributed by atoms with Crippen LogP contribution < -0.4 is 4.90 Å². The lowest BCUT2D eigenvalue weighted by Crippen LogP contribution is -2.38. The Morgan fingerprint density at radius 2 is 2.37 bits per heavy atom. The third kappa shape index (κ3) is 3.08. The zero-order chi connectivity index (χ0) is 13.2. The maximum absolute atomic E-state index is 5.67. The number of thiazole rings is 1. The van der Waals surface area contributed by atoms with Gasteiger partial charge in [-0.25, -0.2) is 4.98 Å². The number of ether oxygens (including phenoxy) is 2. The maximum Gasteiger partial charge on any atom is 0.186 e. The van der Waals surface area contributed by atoms with Gasteiger partial charge < -0.3 is 14.4 Å². The summed E-state index contributed by atoms with van der Waals surface area (Å²) >= 11 is 5.18. The van der Waals surface area contributed by atoms with Gasteiger partial charge in [0.1, 0.15) is 0 Å². The van der Waals surface area contributed by atoms with E-state index in [1.165, 1.54) is 4.70 Å². The predicted molar refractivity (Wildman–Crippen MR) is 81.1 cm³/mol. The molecule has 0 amide bonds. The summed E-state index contributed by atoms with van der Waals surface area (Å²) in [5.41, 5.74) is 1.04. The molecule has 1 aromatic heterocycles. The van der Waals surface area contributed by atoms with E-state index in [-0.39, 0.29) is 6.10 Å². The van der Waals surface area contributed by atoms with Crippen LogP contribution in [-0.4, -0.2) is 44.5 Å². The Bertz CT molecular complexity index is 569. The smallest absolute Gasteiger partial charge is 0.186 e. The van der Waals surface area contributed by atoms with Crippen LogP contribution in [0.25, 0.3) is 10.2 Å². The molecule has 4 nitrogen and oxygen atoms in total. The van der Waals surface area contributed by atoms with Crippen molar-refractivity contribution < 1.29 is 9.47 Å². The zero-order valence-electron chi connectivity index (χ0n) is 10.6. The van der Waals surface area contributed by atoms with Gasteiger partial charge in [0.2, 0.25) is 0 Å². The molecule has 2 heterocycles. The molecule has 0 aliphatic carbocycles. The van der Waals surface area contributed by atoms with E-state index >= 15 is 0 Å². The number of rotatable bonds is 3. The van der Waals surface area contributed by atoms with Gasteiger partial charge in [-0.2, -0.15) is 0 Å². The van der Waals surface area contributed by atoms with Gasteiger partial charge in [-0.1, -0.05) is 27.3 Å². The normalized spacial score (nSPS) is 19.8. The van der Waals surface area contributed by atoms with Gasteiger partial charge in [-0.3, -0.25) is 0 Å². The van der Waals surface area contributed by atoms with Gasteiger partial charge in [-0.05, 0) is 18.2 Å². The molecule has 2 aromatic rings. The highest BCUT2D eigenvalue weighted by Gasteiger charge is 2.18. The first-order chi connectivity index (χ1) is 9.22. The van der Waals surface area contributed by atoms with E-state index in [0.29, 0.717) is 19.8 Å². The fourth-order valence-electron chi connectivity index (χ4n) is 2.08. The molecule has 1 saturated heterocycles. The fraction of sp³-hybridized carbons (Fsp3) is 0.462. The predicted octanol–water partition coefficient (Wildman–Crippen LogP) is 2.91.